The first-order chi connectivity index (χ1) is 16.5. The average molecular weight is 455 g/mol. The summed E-state index contributed by atoms with van der Waals surface area (Å²) in [5.41, 5.74) is 8.05. The number of aryl methyl sites for hydroxylation is 1. The Morgan fingerprint density at radius 3 is 2.79 bits per heavy atom. The summed E-state index contributed by atoms with van der Waals surface area (Å²) in [4.78, 5) is 22.0. The first-order valence-corrected chi connectivity index (χ1v) is 11.7. The largest absolute Gasteiger partial charge is 0.296 e. The lowest BCUT2D eigenvalue weighted by Gasteiger charge is -2.34. The number of nitrogens with zero attached hydrogens (tertiary/aromatic N) is 4. The van der Waals surface area contributed by atoms with E-state index >= 15 is 0 Å². The Morgan fingerprint density at radius 1 is 1.26 bits per heavy atom. The second-order valence-electron chi connectivity index (χ2n) is 8.94. The summed E-state index contributed by atoms with van der Waals surface area (Å²) in [7, 11) is 0. The zero-order valence-corrected chi connectivity index (χ0v) is 19.9. The van der Waals surface area contributed by atoms with Crippen molar-refractivity contribution in [2.24, 2.45) is 5.10 Å². The number of H-pyrrole nitrogens is 1. The van der Waals surface area contributed by atoms with Crippen molar-refractivity contribution < 1.29 is 0 Å². The van der Waals surface area contributed by atoms with E-state index in [0.717, 1.165) is 18.7 Å². The Balaban J connectivity index is 1.57. The molecule has 4 rings (SSSR count). The van der Waals surface area contributed by atoms with Crippen LogP contribution >= 0.6 is 0 Å². The SMILES string of the molecule is Cc1cc(C=NNc2nc(-c3ccccc3)c(C#N)c(=O)[nH]2)c(C)c(CN2CCCCC2C)c1. The molecule has 7 heteroatoms. The van der Waals surface area contributed by atoms with Crippen molar-refractivity contribution in [1.29, 1.82) is 5.26 Å². The minimum absolute atomic E-state index is 0.0214. The van der Waals surface area contributed by atoms with Gasteiger partial charge in [0.1, 0.15) is 11.6 Å². The summed E-state index contributed by atoms with van der Waals surface area (Å²) in [6, 6.07) is 16.1. The first kappa shape index (κ1) is 23.4. The van der Waals surface area contributed by atoms with Gasteiger partial charge in [0.2, 0.25) is 5.95 Å². The molecule has 1 aliphatic heterocycles. The van der Waals surface area contributed by atoms with Gasteiger partial charge in [0.15, 0.2) is 0 Å². The van der Waals surface area contributed by atoms with Gasteiger partial charge in [-0.05, 0) is 56.8 Å². The van der Waals surface area contributed by atoms with Crippen LogP contribution in [-0.2, 0) is 6.54 Å². The number of aromatic amines is 1. The lowest BCUT2D eigenvalue weighted by molar-refractivity contribution is 0.152. The van der Waals surface area contributed by atoms with Crippen LogP contribution in [0.4, 0.5) is 5.95 Å². The molecule has 1 unspecified atom stereocenters. The molecule has 174 valence electrons. The molecule has 3 aromatic rings. The van der Waals surface area contributed by atoms with Gasteiger partial charge in [0.05, 0.1) is 11.9 Å². The lowest BCUT2D eigenvalue weighted by atomic mass is 9.97. The molecule has 0 bridgehead atoms. The van der Waals surface area contributed by atoms with E-state index in [-0.39, 0.29) is 11.5 Å². The maximum Gasteiger partial charge on any atom is 0.270 e. The standard InChI is InChI=1S/C27H30N6O/c1-18-13-22(20(3)23(14-18)17-33-12-8-7-9-19(33)2)16-29-32-27-30-25(21-10-5-4-6-11-21)24(15-28)26(34)31-27/h4-6,10-11,13-14,16,19H,7-9,12,17H2,1-3H3,(H2,30,31,32,34). The Labute approximate surface area is 200 Å². The number of aromatic nitrogens is 2. The molecule has 1 fully saturated rings. The predicted octanol–water partition coefficient (Wildman–Crippen LogP) is 4.75. The molecule has 2 N–H and O–H groups in total. The van der Waals surface area contributed by atoms with Gasteiger partial charge in [0.25, 0.3) is 5.56 Å². The summed E-state index contributed by atoms with van der Waals surface area (Å²) in [6.45, 7) is 8.61. The summed E-state index contributed by atoms with van der Waals surface area (Å²) in [6.07, 6.45) is 5.58. The van der Waals surface area contributed by atoms with E-state index in [9.17, 15) is 10.1 Å². The summed E-state index contributed by atoms with van der Waals surface area (Å²) < 4.78 is 0. The molecule has 1 saturated heterocycles. The van der Waals surface area contributed by atoms with Gasteiger partial charge in [-0.25, -0.2) is 10.4 Å². The summed E-state index contributed by atoms with van der Waals surface area (Å²) in [5.74, 6) is 0.187. The molecule has 2 heterocycles. The van der Waals surface area contributed by atoms with Crippen molar-refractivity contribution in [2.75, 3.05) is 12.0 Å². The second-order valence-corrected chi connectivity index (χ2v) is 8.94. The number of hydrazone groups is 1. The number of rotatable bonds is 6. The maximum absolute atomic E-state index is 12.4. The summed E-state index contributed by atoms with van der Waals surface area (Å²) >= 11 is 0. The Hall–Kier alpha value is -3.76. The van der Waals surface area contributed by atoms with Crippen LogP contribution in [0.2, 0.25) is 0 Å². The van der Waals surface area contributed by atoms with Gasteiger partial charge in [-0.1, -0.05) is 54.4 Å². The van der Waals surface area contributed by atoms with Crippen molar-refractivity contribution in [1.82, 2.24) is 14.9 Å². The van der Waals surface area contributed by atoms with Crippen LogP contribution in [0.3, 0.4) is 0 Å². The highest BCUT2D eigenvalue weighted by Gasteiger charge is 2.19. The monoisotopic (exact) mass is 454 g/mol. The number of likely N-dealkylation sites (tertiary alicyclic amines) is 1. The number of anilines is 1. The highest BCUT2D eigenvalue weighted by Crippen LogP contribution is 2.23. The van der Waals surface area contributed by atoms with E-state index < -0.39 is 5.56 Å². The van der Waals surface area contributed by atoms with E-state index in [1.165, 1.54) is 36.0 Å². The van der Waals surface area contributed by atoms with Crippen molar-refractivity contribution in [3.8, 4) is 17.3 Å². The Bertz CT molecular complexity index is 1290. The molecular weight excluding hydrogens is 424 g/mol. The number of nitrogens with one attached hydrogen (secondary N) is 2. The normalized spacial score (nSPS) is 16.5. The van der Waals surface area contributed by atoms with Crippen molar-refractivity contribution in [3.63, 3.8) is 0 Å². The first-order valence-electron chi connectivity index (χ1n) is 11.7. The third-order valence-electron chi connectivity index (χ3n) is 6.47. The number of benzene rings is 2. The van der Waals surface area contributed by atoms with Crippen LogP contribution in [0.5, 0.6) is 0 Å². The van der Waals surface area contributed by atoms with Gasteiger partial charge >= 0.3 is 0 Å². The smallest absolute Gasteiger partial charge is 0.270 e. The fourth-order valence-corrected chi connectivity index (χ4v) is 4.47. The highest BCUT2D eigenvalue weighted by molar-refractivity contribution is 5.83. The topological polar surface area (TPSA) is 97.2 Å². The second kappa shape index (κ2) is 10.4. The molecule has 34 heavy (non-hydrogen) atoms. The molecule has 0 saturated carbocycles. The fourth-order valence-electron chi connectivity index (χ4n) is 4.47. The van der Waals surface area contributed by atoms with E-state index in [2.05, 4.69) is 58.3 Å². The van der Waals surface area contributed by atoms with Gasteiger partial charge in [-0.3, -0.25) is 14.7 Å². The number of nitriles is 1. The van der Waals surface area contributed by atoms with Gasteiger partial charge in [-0.15, -0.1) is 0 Å². The lowest BCUT2D eigenvalue weighted by Crippen LogP contribution is -2.37. The molecule has 7 nitrogen and oxygen atoms in total. The molecule has 0 aliphatic carbocycles. The molecule has 0 spiro atoms. The Morgan fingerprint density at radius 2 is 2.06 bits per heavy atom. The van der Waals surface area contributed by atoms with Crippen LogP contribution in [0.1, 0.15) is 54.0 Å². The molecule has 0 radical (unpaired) electrons. The predicted molar refractivity (Wildman–Crippen MR) is 136 cm³/mol. The van der Waals surface area contributed by atoms with E-state index in [4.69, 9.17) is 0 Å². The van der Waals surface area contributed by atoms with Gasteiger partial charge in [0, 0.05) is 18.2 Å². The average Bonchev–Trinajstić information content (AvgIpc) is 2.83. The highest BCUT2D eigenvalue weighted by atomic mass is 16.1. The fraction of sp³-hybridized carbons (Fsp3) is 0.333. The maximum atomic E-state index is 12.4. The van der Waals surface area contributed by atoms with Crippen LogP contribution in [0.15, 0.2) is 52.4 Å². The van der Waals surface area contributed by atoms with Crippen LogP contribution in [-0.4, -0.2) is 33.7 Å². The number of hydrogen-bond acceptors (Lipinski definition) is 6. The molecular formula is C27H30N6O. The van der Waals surface area contributed by atoms with Crippen molar-refractivity contribution in [3.05, 3.63) is 80.6 Å². The van der Waals surface area contributed by atoms with Crippen LogP contribution < -0.4 is 11.0 Å². The van der Waals surface area contributed by atoms with Gasteiger partial charge < -0.3 is 0 Å². The summed E-state index contributed by atoms with van der Waals surface area (Å²) in [5, 5.41) is 13.8. The van der Waals surface area contributed by atoms with Crippen LogP contribution in [0, 0.1) is 25.2 Å². The molecule has 1 aliphatic rings. The Kier molecular flexibility index (Phi) is 7.19. The minimum atomic E-state index is -0.501. The third-order valence-corrected chi connectivity index (χ3v) is 6.47. The zero-order valence-electron chi connectivity index (χ0n) is 19.9. The van der Waals surface area contributed by atoms with E-state index in [1.54, 1.807) is 6.21 Å². The van der Waals surface area contributed by atoms with Gasteiger partial charge in [-0.2, -0.15) is 10.4 Å². The van der Waals surface area contributed by atoms with E-state index in [1.807, 2.05) is 36.4 Å². The third kappa shape index (κ3) is 5.24. The molecule has 2 aromatic carbocycles. The minimum Gasteiger partial charge on any atom is -0.296 e. The molecule has 1 aromatic heterocycles. The molecule has 1 atom stereocenters. The zero-order chi connectivity index (χ0) is 24.1. The quantitative estimate of drug-likeness (QED) is 0.414. The van der Waals surface area contributed by atoms with Crippen LogP contribution in [0.25, 0.3) is 11.3 Å². The van der Waals surface area contributed by atoms with Crippen molar-refractivity contribution >= 4 is 12.2 Å². The number of hydrogen-bond donors (Lipinski definition) is 2. The molecule has 0 amide bonds. The number of piperidine rings is 1. The van der Waals surface area contributed by atoms with E-state index in [0.29, 0.717) is 17.3 Å². The van der Waals surface area contributed by atoms with Crippen molar-refractivity contribution in [2.45, 2.75) is 52.6 Å².